The molecule has 1 saturated heterocycles. The molecular weight excluding hydrogens is 258 g/mol. The molecule has 15 heavy (non-hydrogen) atoms. The third kappa shape index (κ3) is 2.86. The van der Waals surface area contributed by atoms with Gasteiger partial charge in [-0.3, -0.25) is 0 Å². The molecule has 82 valence electrons. The van der Waals surface area contributed by atoms with Crippen LogP contribution in [0.3, 0.4) is 0 Å². The minimum Gasteiger partial charge on any atom is -0.491 e. The number of anilines is 1. The van der Waals surface area contributed by atoms with Gasteiger partial charge in [-0.1, -0.05) is 15.9 Å². The maximum atomic E-state index is 5.82. The van der Waals surface area contributed by atoms with Gasteiger partial charge in [0.1, 0.15) is 5.75 Å². The standard InChI is InChI=1S/C11H14BrNO2/c12-9-1-2-11(10(13)5-9)15-7-8-3-4-14-6-8/h1-2,5,8H,3-4,6-7,13H2/t8-/m0/s1. The molecule has 4 heteroatoms. The van der Waals surface area contributed by atoms with E-state index in [2.05, 4.69) is 15.9 Å². The Kier molecular flexibility index (Phi) is 3.49. The van der Waals surface area contributed by atoms with Crippen LogP contribution < -0.4 is 10.5 Å². The van der Waals surface area contributed by atoms with E-state index in [0.717, 1.165) is 29.9 Å². The maximum absolute atomic E-state index is 5.82. The summed E-state index contributed by atoms with van der Waals surface area (Å²) in [5.74, 6) is 1.26. The summed E-state index contributed by atoms with van der Waals surface area (Å²) in [6, 6.07) is 5.66. The van der Waals surface area contributed by atoms with Crippen molar-refractivity contribution in [1.82, 2.24) is 0 Å². The Labute approximate surface area is 97.7 Å². The van der Waals surface area contributed by atoms with Gasteiger partial charge in [-0.05, 0) is 24.6 Å². The topological polar surface area (TPSA) is 44.5 Å². The van der Waals surface area contributed by atoms with E-state index in [9.17, 15) is 0 Å². The lowest BCUT2D eigenvalue weighted by atomic mass is 10.1. The van der Waals surface area contributed by atoms with Gasteiger partial charge >= 0.3 is 0 Å². The van der Waals surface area contributed by atoms with E-state index >= 15 is 0 Å². The van der Waals surface area contributed by atoms with Crippen molar-refractivity contribution in [2.24, 2.45) is 5.92 Å². The Morgan fingerprint density at radius 1 is 1.53 bits per heavy atom. The lowest BCUT2D eigenvalue weighted by Gasteiger charge is -2.12. The van der Waals surface area contributed by atoms with Crippen LogP contribution in [0, 0.1) is 5.92 Å². The van der Waals surface area contributed by atoms with Gasteiger partial charge in [0.25, 0.3) is 0 Å². The number of nitrogens with two attached hydrogens (primary N) is 1. The van der Waals surface area contributed by atoms with Gasteiger partial charge in [-0.2, -0.15) is 0 Å². The van der Waals surface area contributed by atoms with E-state index in [1.165, 1.54) is 0 Å². The van der Waals surface area contributed by atoms with Gasteiger partial charge in [0, 0.05) is 17.0 Å². The number of nitrogen functional groups attached to an aromatic ring is 1. The van der Waals surface area contributed by atoms with Crippen molar-refractivity contribution in [1.29, 1.82) is 0 Å². The Bertz CT molecular complexity index is 337. The Balaban J connectivity index is 1.92. The van der Waals surface area contributed by atoms with Crippen LogP contribution in [0.2, 0.25) is 0 Å². The highest BCUT2D eigenvalue weighted by atomic mass is 79.9. The molecule has 2 rings (SSSR count). The predicted molar refractivity (Wildman–Crippen MR) is 63.0 cm³/mol. The molecule has 1 fully saturated rings. The van der Waals surface area contributed by atoms with Crippen molar-refractivity contribution in [2.45, 2.75) is 6.42 Å². The molecule has 2 N–H and O–H groups in total. The molecule has 1 heterocycles. The van der Waals surface area contributed by atoms with Gasteiger partial charge in [-0.25, -0.2) is 0 Å². The predicted octanol–water partition coefficient (Wildman–Crippen LogP) is 2.45. The molecule has 1 atom stereocenters. The van der Waals surface area contributed by atoms with Gasteiger partial charge < -0.3 is 15.2 Å². The Morgan fingerprint density at radius 3 is 3.07 bits per heavy atom. The highest BCUT2D eigenvalue weighted by molar-refractivity contribution is 9.10. The normalized spacial score (nSPS) is 20.5. The number of halogens is 1. The second kappa shape index (κ2) is 4.86. The van der Waals surface area contributed by atoms with Crippen molar-refractivity contribution < 1.29 is 9.47 Å². The van der Waals surface area contributed by atoms with Crippen LogP contribution in [0.4, 0.5) is 5.69 Å². The van der Waals surface area contributed by atoms with Crippen LogP contribution in [0.5, 0.6) is 5.75 Å². The number of rotatable bonds is 3. The molecule has 3 nitrogen and oxygen atoms in total. The first kappa shape index (κ1) is 10.8. The second-order valence-corrected chi connectivity index (χ2v) is 4.64. The molecule has 1 aliphatic heterocycles. The average Bonchev–Trinajstić information content (AvgIpc) is 2.69. The maximum Gasteiger partial charge on any atom is 0.142 e. The summed E-state index contributed by atoms with van der Waals surface area (Å²) >= 11 is 3.36. The third-order valence-electron chi connectivity index (χ3n) is 2.47. The minimum absolute atomic E-state index is 0.507. The highest BCUT2D eigenvalue weighted by Crippen LogP contribution is 2.26. The van der Waals surface area contributed by atoms with E-state index in [-0.39, 0.29) is 0 Å². The van der Waals surface area contributed by atoms with E-state index in [4.69, 9.17) is 15.2 Å². The lowest BCUT2D eigenvalue weighted by Crippen LogP contribution is -2.12. The quantitative estimate of drug-likeness (QED) is 0.859. The van der Waals surface area contributed by atoms with E-state index in [1.807, 2.05) is 18.2 Å². The van der Waals surface area contributed by atoms with E-state index in [0.29, 0.717) is 18.2 Å². The van der Waals surface area contributed by atoms with Crippen molar-refractivity contribution in [2.75, 3.05) is 25.6 Å². The van der Waals surface area contributed by atoms with Crippen molar-refractivity contribution in [3.05, 3.63) is 22.7 Å². The van der Waals surface area contributed by atoms with Gasteiger partial charge in [-0.15, -0.1) is 0 Å². The van der Waals surface area contributed by atoms with E-state index in [1.54, 1.807) is 0 Å². The number of hydrogen-bond donors (Lipinski definition) is 1. The van der Waals surface area contributed by atoms with Crippen LogP contribution >= 0.6 is 15.9 Å². The summed E-state index contributed by atoms with van der Waals surface area (Å²) in [5.41, 5.74) is 6.49. The second-order valence-electron chi connectivity index (χ2n) is 3.72. The molecule has 1 aromatic rings. The molecule has 0 saturated carbocycles. The summed E-state index contributed by atoms with van der Waals surface area (Å²) < 4.78 is 11.9. The molecule has 1 aromatic carbocycles. The van der Waals surface area contributed by atoms with Crippen LogP contribution in [0.15, 0.2) is 22.7 Å². The first-order valence-corrected chi connectivity index (χ1v) is 5.80. The van der Waals surface area contributed by atoms with Gasteiger partial charge in [0.15, 0.2) is 0 Å². The summed E-state index contributed by atoms with van der Waals surface area (Å²) in [5, 5.41) is 0. The molecular formula is C11H14BrNO2. The zero-order chi connectivity index (χ0) is 10.7. The third-order valence-corrected chi connectivity index (χ3v) is 2.96. The zero-order valence-electron chi connectivity index (χ0n) is 8.41. The minimum atomic E-state index is 0.507. The first-order valence-electron chi connectivity index (χ1n) is 5.01. The number of benzene rings is 1. The Morgan fingerprint density at radius 2 is 2.40 bits per heavy atom. The van der Waals surface area contributed by atoms with Crippen LogP contribution in [-0.4, -0.2) is 19.8 Å². The summed E-state index contributed by atoms with van der Waals surface area (Å²) in [6.45, 7) is 2.34. The highest BCUT2D eigenvalue weighted by Gasteiger charge is 2.16. The van der Waals surface area contributed by atoms with Gasteiger partial charge in [0.2, 0.25) is 0 Å². The molecule has 0 radical (unpaired) electrons. The largest absolute Gasteiger partial charge is 0.491 e. The molecule has 0 amide bonds. The van der Waals surface area contributed by atoms with Crippen LogP contribution in [0.1, 0.15) is 6.42 Å². The number of hydrogen-bond acceptors (Lipinski definition) is 3. The molecule has 1 aliphatic rings. The van der Waals surface area contributed by atoms with Crippen molar-refractivity contribution >= 4 is 21.6 Å². The summed E-state index contributed by atoms with van der Waals surface area (Å²) in [7, 11) is 0. The zero-order valence-corrected chi connectivity index (χ0v) is 10.00. The van der Waals surface area contributed by atoms with E-state index < -0.39 is 0 Å². The average molecular weight is 272 g/mol. The summed E-state index contributed by atoms with van der Waals surface area (Å²) in [6.07, 6.45) is 1.08. The fourth-order valence-electron chi connectivity index (χ4n) is 1.57. The first-order chi connectivity index (χ1) is 7.25. The SMILES string of the molecule is Nc1cc(Br)ccc1OC[C@H]1CCOC1. The van der Waals surface area contributed by atoms with Crippen LogP contribution in [-0.2, 0) is 4.74 Å². The monoisotopic (exact) mass is 271 g/mol. The number of ether oxygens (including phenoxy) is 2. The van der Waals surface area contributed by atoms with Gasteiger partial charge in [0.05, 0.1) is 18.9 Å². The van der Waals surface area contributed by atoms with Crippen molar-refractivity contribution in [3.63, 3.8) is 0 Å². The summed E-state index contributed by atoms with van der Waals surface area (Å²) in [4.78, 5) is 0. The Hall–Kier alpha value is -0.740. The molecule has 0 aliphatic carbocycles. The lowest BCUT2D eigenvalue weighted by molar-refractivity contribution is 0.167. The fourth-order valence-corrected chi connectivity index (χ4v) is 1.95. The molecule has 0 aromatic heterocycles. The molecule has 0 unspecified atom stereocenters. The van der Waals surface area contributed by atoms with Crippen molar-refractivity contribution in [3.8, 4) is 5.75 Å². The molecule has 0 bridgehead atoms. The fraction of sp³-hybridized carbons (Fsp3) is 0.455. The molecule has 0 spiro atoms. The van der Waals surface area contributed by atoms with Crippen LogP contribution in [0.25, 0.3) is 0 Å². The smallest absolute Gasteiger partial charge is 0.142 e.